The Morgan fingerprint density at radius 1 is 0.473 bits per heavy atom. The maximum absolute atomic E-state index is 6.73. The monoisotopic (exact) mass is 960 g/mol. The number of allylic oxidation sites excluding steroid dienone is 3. The molecule has 4 heteroatoms. The van der Waals surface area contributed by atoms with Crippen molar-refractivity contribution < 1.29 is 9.15 Å². The summed E-state index contributed by atoms with van der Waals surface area (Å²) in [6.45, 7) is 13.5. The van der Waals surface area contributed by atoms with Crippen LogP contribution in [0.5, 0.6) is 5.75 Å². The van der Waals surface area contributed by atoms with Crippen LogP contribution >= 0.6 is 0 Å². The molecule has 0 bridgehead atoms. The van der Waals surface area contributed by atoms with Crippen molar-refractivity contribution in [2.75, 3.05) is 16.8 Å². The first kappa shape index (κ1) is 47.5. The zero-order chi connectivity index (χ0) is 50.8. The van der Waals surface area contributed by atoms with Gasteiger partial charge in [0.05, 0.1) is 11.4 Å². The third-order valence-electron chi connectivity index (χ3n) is 14.3. The van der Waals surface area contributed by atoms with Crippen molar-refractivity contribution in [1.82, 2.24) is 0 Å². The zero-order valence-electron chi connectivity index (χ0n) is 43.0. The lowest BCUT2D eigenvalue weighted by atomic mass is 9.83. The number of aryl methyl sites for hydroxylation is 2. The Morgan fingerprint density at radius 2 is 1.04 bits per heavy atom. The molecule has 0 spiro atoms. The van der Waals surface area contributed by atoms with Crippen LogP contribution < -0.4 is 15.0 Å². The predicted octanol–water partition coefficient (Wildman–Crippen LogP) is 20.1. The second-order valence-electron chi connectivity index (χ2n) is 19.4. The van der Waals surface area contributed by atoms with Gasteiger partial charge < -0.3 is 19.4 Å². The summed E-state index contributed by atoms with van der Waals surface area (Å²) in [5.74, 6) is 0.985. The Labute approximate surface area is 434 Å². The van der Waals surface area contributed by atoms with Crippen molar-refractivity contribution >= 4 is 82.7 Å². The quantitative estimate of drug-likeness (QED) is 0.162. The fourth-order valence-electron chi connectivity index (χ4n) is 10.7. The van der Waals surface area contributed by atoms with Crippen molar-refractivity contribution in [3.8, 4) is 28.0 Å². The molecule has 74 heavy (non-hydrogen) atoms. The minimum Gasteiger partial charge on any atom is -0.489 e. The van der Waals surface area contributed by atoms with Gasteiger partial charge in [-0.25, -0.2) is 0 Å². The Morgan fingerprint density at radius 3 is 1.76 bits per heavy atom. The van der Waals surface area contributed by atoms with Crippen molar-refractivity contribution in [3.63, 3.8) is 0 Å². The molecule has 0 atom stereocenters. The molecule has 0 fully saturated rings. The third kappa shape index (κ3) is 8.94. The smallest absolute Gasteiger partial charge is 0.159 e. The standard InChI is InChI=1S/C54H38N2O.C14H16O.C2H6/c1-34-32-48(55-40-24-20-38(21-25-40)36-12-5-3-6-13-36)46-30-28-43-35(2)33-50(47-31-29-42(34)52(46)53(43)47)56(41-26-22-39(23-27-41)37-14-7-4-8-15-37)49-18-11-17-45-44-16-9-10-19-51(44)57-54(45)49;1-14(2)10-6-3-7-11-15-13-9-5-4-8-12(13)14;1-2/h3-33,55H,1-2H3;3-10H,11H2,1-2H3;1-2H3/b;7-3-,10-6-;. The molecule has 1 aromatic heterocycles. The summed E-state index contributed by atoms with van der Waals surface area (Å²) in [6.07, 6.45) is 8.35. The van der Waals surface area contributed by atoms with Gasteiger partial charge >= 0.3 is 0 Å². The van der Waals surface area contributed by atoms with Gasteiger partial charge in [-0.1, -0.05) is 204 Å². The van der Waals surface area contributed by atoms with E-state index in [4.69, 9.17) is 9.15 Å². The summed E-state index contributed by atoms with van der Waals surface area (Å²) in [5, 5.41) is 13.5. The molecule has 4 nitrogen and oxygen atoms in total. The predicted molar refractivity (Wildman–Crippen MR) is 317 cm³/mol. The molecule has 0 unspecified atom stereocenters. The van der Waals surface area contributed by atoms with Crippen LogP contribution in [-0.2, 0) is 5.41 Å². The molecule has 13 rings (SSSR count). The zero-order valence-corrected chi connectivity index (χ0v) is 43.0. The molecule has 0 radical (unpaired) electrons. The van der Waals surface area contributed by atoms with E-state index in [0.717, 1.165) is 56.1 Å². The highest BCUT2D eigenvalue weighted by Crippen LogP contribution is 2.49. The molecule has 11 aromatic carbocycles. The molecule has 1 aliphatic heterocycles. The van der Waals surface area contributed by atoms with E-state index in [1.165, 1.54) is 71.3 Å². The molecule has 12 aromatic rings. The summed E-state index contributed by atoms with van der Waals surface area (Å²) in [4.78, 5) is 2.40. The molecule has 2 heterocycles. The topological polar surface area (TPSA) is 37.6 Å². The summed E-state index contributed by atoms with van der Waals surface area (Å²) < 4.78 is 12.4. The maximum Gasteiger partial charge on any atom is 0.159 e. The van der Waals surface area contributed by atoms with Gasteiger partial charge in [0.1, 0.15) is 17.9 Å². The fraction of sp³-hybridized carbons (Fsp3) is 0.114. The second kappa shape index (κ2) is 20.3. The number of para-hydroxylation sites is 3. The van der Waals surface area contributed by atoms with Crippen molar-refractivity contribution in [2.45, 2.75) is 47.0 Å². The first-order valence-corrected chi connectivity index (χ1v) is 25.9. The van der Waals surface area contributed by atoms with E-state index in [1.54, 1.807) is 0 Å². The summed E-state index contributed by atoms with van der Waals surface area (Å²) >= 11 is 0. The summed E-state index contributed by atoms with van der Waals surface area (Å²) in [5.41, 5.74) is 15.6. The van der Waals surface area contributed by atoms with Crippen LogP contribution in [0.2, 0.25) is 0 Å². The molecule has 0 saturated heterocycles. The number of benzene rings is 11. The van der Waals surface area contributed by atoms with Gasteiger partial charge in [0, 0.05) is 49.6 Å². The molecular weight excluding hydrogens is 901 g/mol. The minimum absolute atomic E-state index is 0.0191. The van der Waals surface area contributed by atoms with Gasteiger partial charge in [-0.05, 0) is 129 Å². The largest absolute Gasteiger partial charge is 0.489 e. The maximum atomic E-state index is 6.73. The number of rotatable bonds is 7. The summed E-state index contributed by atoms with van der Waals surface area (Å²) in [6, 6.07) is 75.8. The van der Waals surface area contributed by atoms with Gasteiger partial charge in [-0.15, -0.1) is 0 Å². The number of fused-ring (bicyclic) bond motifs is 4. The normalized spacial score (nSPS) is 13.6. The average molecular weight is 961 g/mol. The summed E-state index contributed by atoms with van der Waals surface area (Å²) in [7, 11) is 0. The van der Waals surface area contributed by atoms with Gasteiger partial charge in [0.2, 0.25) is 0 Å². The molecule has 1 N–H and O–H groups in total. The molecule has 0 aliphatic carbocycles. The van der Waals surface area contributed by atoms with Crippen molar-refractivity contribution in [2.24, 2.45) is 0 Å². The number of hydrogen-bond donors (Lipinski definition) is 1. The number of hydrogen-bond acceptors (Lipinski definition) is 4. The highest BCUT2D eigenvalue weighted by Gasteiger charge is 2.25. The minimum atomic E-state index is 0.0191. The first-order valence-electron chi connectivity index (χ1n) is 25.9. The fourth-order valence-corrected chi connectivity index (χ4v) is 10.7. The van der Waals surface area contributed by atoms with Gasteiger partial charge in [0.25, 0.3) is 0 Å². The highest BCUT2D eigenvalue weighted by atomic mass is 16.5. The molecular formula is C70H60N2O2. The van der Waals surface area contributed by atoms with Crippen molar-refractivity contribution in [1.29, 1.82) is 0 Å². The van der Waals surface area contributed by atoms with Crippen molar-refractivity contribution in [3.05, 3.63) is 253 Å². The average Bonchev–Trinajstić information content (AvgIpc) is 3.87. The van der Waals surface area contributed by atoms with Gasteiger partial charge in [0.15, 0.2) is 5.58 Å². The Balaban J connectivity index is 0.000000296. The van der Waals surface area contributed by atoms with Crippen LogP contribution in [0.4, 0.5) is 28.4 Å². The van der Waals surface area contributed by atoms with E-state index in [9.17, 15) is 0 Å². The third-order valence-corrected chi connectivity index (χ3v) is 14.3. The van der Waals surface area contributed by atoms with E-state index < -0.39 is 0 Å². The van der Waals surface area contributed by atoms with E-state index in [-0.39, 0.29) is 5.41 Å². The number of nitrogens with one attached hydrogen (secondary N) is 1. The van der Waals surface area contributed by atoms with E-state index >= 15 is 0 Å². The van der Waals surface area contributed by atoms with Crippen LogP contribution in [0.1, 0.15) is 44.4 Å². The van der Waals surface area contributed by atoms with Crippen LogP contribution in [0.25, 0.3) is 76.5 Å². The van der Waals surface area contributed by atoms with E-state index in [1.807, 2.05) is 44.2 Å². The van der Waals surface area contributed by atoms with Crippen LogP contribution in [0.3, 0.4) is 0 Å². The number of anilines is 5. The van der Waals surface area contributed by atoms with E-state index in [2.05, 4.69) is 244 Å². The Bertz CT molecular complexity index is 3980. The Kier molecular flexibility index (Phi) is 13.0. The lowest BCUT2D eigenvalue weighted by Gasteiger charge is -2.29. The SMILES string of the molecule is CC.CC1(C)/C=C\C=C/COc2ccccc21.Cc1cc(Nc2ccc(-c3ccccc3)cc2)c2ccc3c(C)cc(N(c4ccc(-c5ccccc5)cc4)c4cccc5c4oc4ccccc45)c4ccc1c2c34. The first-order chi connectivity index (χ1) is 36.3. The van der Waals surface area contributed by atoms with Gasteiger partial charge in [-0.3, -0.25) is 0 Å². The molecule has 0 saturated carbocycles. The Hall–Kier alpha value is -8.86. The van der Waals surface area contributed by atoms with Gasteiger partial charge in [-0.2, -0.15) is 0 Å². The lowest BCUT2D eigenvalue weighted by Crippen LogP contribution is -2.14. The van der Waals surface area contributed by atoms with Crippen LogP contribution in [0, 0.1) is 13.8 Å². The van der Waals surface area contributed by atoms with Crippen LogP contribution in [0.15, 0.2) is 241 Å². The van der Waals surface area contributed by atoms with E-state index in [0.29, 0.717) is 6.61 Å². The highest BCUT2D eigenvalue weighted by molar-refractivity contribution is 6.29. The van der Waals surface area contributed by atoms with Crippen LogP contribution in [-0.4, -0.2) is 6.61 Å². The lowest BCUT2D eigenvalue weighted by molar-refractivity contribution is 0.354. The molecule has 0 amide bonds. The number of ether oxygens (including phenoxy) is 1. The number of nitrogens with zero attached hydrogens (tertiary/aromatic N) is 1. The second-order valence-corrected chi connectivity index (χ2v) is 19.4. The number of furan rings is 1. The molecule has 362 valence electrons. The molecule has 1 aliphatic rings.